The Bertz CT molecular complexity index is 190. The Labute approximate surface area is 99.1 Å². The largest absolute Gasteiger partial charge is 0.380 e. The van der Waals surface area contributed by atoms with Gasteiger partial charge in [0.15, 0.2) is 0 Å². The monoisotopic (exact) mass is 312 g/mol. The average molecular weight is 312 g/mol. The van der Waals surface area contributed by atoms with E-state index in [0.717, 1.165) is 32.7 Å². The van der Waals surface area contributed by atoms with Gasteiger partial charge in [-0.05, 0) is 6.42 Å². The zero-order valence-electron chi connectivity index (χ0n) is 8.54. The SMILES string of the molecule is CN1CCCN(I)CCOCCC1=O. The first-order chi connectivity index (χ1) is 6.70. The van der Waals surface area contributed by atoms with Crippen LogP contribution in [0.1, 0.15) is 12.8 Å². The molecule has 4 nitrogen and oxygen atoms in total. The molecule has 0 aromatic heterocycles. The molecular formula is C9H17IN2O2. The minimum Gasteiger partial charge on any atom is -0.380 e. The summed E-state index contributed by atoms with van der Waals surface area (Å²) in [7, 11) is 1.86. The molecule has 0 unspecified atom stereocenters. The van der Waals surface area contributed by atoms with Crippen molar-refractivity contribution in [2.45, 2.75) is 12.8 Å². The molecule has 14 heavy (non-hydrogen) atoms. The van der Waals surface area contributed by atoms with E-state index in [2.05, 4.69) is 26.0 Å². The van der Waals surface area contributed by atoms with Gasteiger partial charge in [-0.25, -0.2) is 3.11 Å². The van der Waals surface area contributed by atoms with Gasteiger partial charge in [0.05, 0.1) is 19.6 Å². The van der Waals surface area contributed by atoms with E-state index >= 15 is 0 Å². The van der Waals surface area contributed by atoms with Gasteiger partial charge in [-0.3, -0.25) is 4.79 Å². The Kier molecular flexibility index (Phi) is 5.73. The summed E-state index contributed by atoms with van der Waals surface area (Å²) in [5.74, 6) is 0.187. The Morgan fingerprint density at radius 2 is 2.07 bits per heavy atom. The molecule has 1 fully saturated rings. The van der Waals surface area contributed by atoms with E-state index in [0.29, 0.717) is 13.0 Å². The summed E-state index contributed by atoms with van der Waals surface area (Å²) in [5, 5.41) is 0. The van der Waals surface area contributed by atoms with Crippen LogP contribution in [-0.4, -0.2) is 53.8 Å². The summed E-state index contributed by atoms with van der Waals surface area (Å²) < 4.78 is 7.57. The van der Waals surface area contributed by atoms with E-state index < -0.39 is 0 Å². The fourth-order valence-corrected chi connectivity index (χ4v) is 1.87. The normalized spacial score (nSPS) is 23.3. The number of hydrogen-bond acceptors (Lipinski definition) is 3. The highest BCUT2D eigenvalue weighted by molar-refractivity contribution is 14.1. The standard InChI is InChI=1S/C9H17IN2O2/c1-11-4-2-5-12(10)6-8-14-7-3-9(11)13/h2-8H2,1H3. The van der Waals surface area contributed by atoms with Crippen LogP contribution in [0.3, 0.4) is 0 Å². The molecule has 0 saturated carbocycles. The van der Waals surface area contributed by atoms with Gasteiger partial charge >= 0.3 is 0 Å². The smallest absolute Gasteiger partial charge is 0.224 e. The van der Waals surface area contributed by atoms with Crippen molar-refractivity contribution in [2.24, 2.45) is 0 Å². The first-order valence-corrected chi connectivity index (χ1v) is 5.89. The van der Waals surface area contributed by atoms with Gasteiger partial charge in [0, 0.05) is 49.5 Å². The molecule has 0 N–H and O–H groups in total. The highest BCUT2D eigenvalue weighted by Gasteiger charge is 2.10. The molecule has 0 atom stereocenters. The summed E-state index contributed by atoms with van der Waals surface area (Å²) in [4.78, 5) is 13.2. The van der Waals surface area contributed by atoms with Crippen molar-refractivity contribution < 1.29 is 9.53 Å². The average Bonchev–Trinajstić information content (AvgIpc) is 2.18. The molecule has 82 valence electrons. The zero-order valence-corrected chi connectivity index (χ0v) is 10.7. The van der Waals surface area contributed by atoms with Crippen molar-refractivity contribution in [3.63, 3.8) is 0 Å². The maximum Gasteiger partial charge on any atom is 0.224 e. The number of amides is 1. The van der Waals surface area contributed by atoms with Gasteiger partial charge in [0.1, 0.15) is 0 Å². The molecule has 0 aromatic carbocycles. The zero-order chi connectivity index (χ0) is 10.4. The third-order valence-electron chi connectivity index (χ3n) is 2.26. The van der Waals surface area contributed by atoms with E-state index in [9.17, 15) is 4.79 Å². The van der Waals surface area contributed by atoms with Gasteiger partial charge in [-0.1, -0.05) is 0 Å². The number of carbonyl (C=O) groups is 1. The molecule has 0 aliphatic carbocycles. The second-order valence-electron chi connectivity index (χ2n) is 3.44. The van der Waals surface area contributed by atoms with Crippen molar-refractivity contribution in [3.05, 3.63) is 0 Å². The Morgan fingerprint density at radius 1 is 1.29 bits per heavy atom. The summed E-state index contributed by atoms with van der Waals surface area (Å²) in [6.45, 7) is 4.08. The predicted octanol–water partition coefficient (Wildman–Crippen LogP) is 0.907. The predicted molar refractivity (Wildman–Crippen MR) is 63.3 cm³/mol. The van der Waals surface area contributed by atoms with Crippen LogP contribution in [0.5, 0.6) is 0 Å². The fraction of sp³-hybridized carbons (Fsp3) is 0.889. The Morgan fingerprint density at radius 3 is 2.86 bits per heavy atom. The highest BCUT2D eigenvalue weighted by atomic mass is 127. The van der Waals surface area contributed by atoms with E-state index in [1.54, 1.807) is 4.90 Å². The quantitative estimate of drug-likeness (QED) is 0.492. The third-order valence-corrected chi connectivity index (χ3v) is 3.22. The number of halogens is 1. The van der Waals surface area contributed by atoms with E-state index in [4.69, 9.17) is 4.74 Å². The molecule has 0 bridgehead atoms. The molecule has 1 amide bonds. The first-order valence-electron chi connectivity index (χ1n) is 4.92. The lowest BCUT2D eigenvalue weighted by Gasteiger charge is -2.17. The molecule has 0 spiro atoms. The number of rotatable bonds is 0. The number of hydrogen-bond donors (Lipinski definition) is 0. The summed E-state index contributed by atoms with van der Waals surface area (Å²) in [6, 6.07) is 0. The lowest BCUT2D eigenvalue weighted by molar-refractivity contribution is -0.130. The minimum atomic E-state index is 0.187. The van der Waals surface area contributed by atoms with E-state index in [1.807, 2.05) is 7.05 Å². The maximum absolute atomic E-state index is 11.5. The second-order valence-corrected chi connectivity index (χ2v) is 4.81. The van der Waals surface area contributed by atoms with Crippen LogP contribution in [0.25, 0.3) is 0 Å². The molecule has 1 saturated heterocycles. The van der Waals surface area contributed by atoms with Crippen LogP contribution in [0, 0.1) is 0 Å². The summed E-state index contributed by atoms with van der Waals surface area (Å²) in [5.41, 5.74) is 0. The fourth-order valence-electron chi connectivity index (χ4n) is 1.33. The van der Waals surface area contributed by atoms with Crippen molar-refractivity contribution in [1.82, 2.24) is 8.01 Å². The maximum atomic E-state index is 11.5. The van der Waals surface area contributed by atoms with Crippen molar-refractivity contribution in [2.75, 3.05) is 39.9 Å². The van der Waals surface area contributed by atoms with Crippen LogP contribution in [0.4, 0.5) is 0 Å². The number of carbonyl (C=O) groups excluding carboxylic acids is 1. The number of ether oxygens (including phenoxy) is 1. The van der Waals surface area contributed by atoms with Crippen LogP contribution in [0.2, 0.25) is 0 Å². The topological polar surface area (TPSA) is 32.8 Å². The molecule has 0 aromatic rings. The van der Waals surface area contributed by atoms with E-state index in [1.165, 1.54) is 0 Å². The van der Waals surface area contributed by atoms with Gasteiger partial charge < -0.3 is 9.64 Å². The van der Waals surface area contributed by atoms with Crippen LogP contribution >= 0.6 is 22.9 Å². The van der Waals surface area contributed by atoms with Gasteiger partial charge in [-0.2, -0.15) is 0 Å². The Hall–Kier alpha value is 0.120. The van der Waals surface area contributed by atoms with Gasteiger partial charge in [-0.15, -0.1) is 0 Å². The number of nitrogens with zero attached hydrogens (tertiary/aromatic N) is 2. The molecule has 1 aliphatic heterocycles. The lowest BCUT2D eigenvalue weighted by Crippen LogP contribution is -2.29. The van der Waals surface area contributed by atoms with Crippen molar-refractivity contribution >= 4 is 28.8 Å². The Balaban J connectivity index is 2.38. The molecule has 1 heterocycles. The van der Waals surface area contributed by atoms with Gasteiger partial charge in [0.2, 0.25) is 5.91 Å². The summed E-state index contributed by atoms with van der Waals surface area (Å²) >= 11 is 2.30. The second kappa shape index (κ2) is 6.58. The van der Waals surface area contributed by atoms with Crippen LogP contribution in [-0.2, 0) is 9.53 Å². The first kappa shape index (κ1) is 12.2. The highest BCUT2D eigenvalue weighted by Crippen LogP contribution is 2.03. The molecule has 5 heteroatoms. The van der Waals surface area contributed by atoms with Crippen LogP contribution < -0.4 is 0 Å². The van der Waals surface area contributed by atoms with E-state index in [-0.39, 0.29) is 5.91 Å². The molecule has 0 radical (unpaired) electrons. The van der Waals surface area contributed by atoms with Crippen molar-refractivity contribution in [3.8, 4) is 0 Å². The lowest BCUT2D eigenvalue weighted by atomic mass is 10.3. The van der Waals surface area contributed by atoms with Crippen molar-refractivity contribution in [1.29, 1.82) is 0 Å². The van der Waals surface area contributed by atoms with Gasteiger partial charge in [0.25, 0.3) is 0 Å². The third kappa shape index (κ3) is 4.56. The van der Waals surface area contributed by atoms with Crippen LogP contribution in [0.15, 0.2) is 0 Å². The molecule has 1 aliphatic rings. The molecule has 1 rings (SSSR count). The minimum absolute atomic E-state index is 0.187. The summed E-state index contributed by atoms with van der Waals surface area (Å²) in [6.07, 6.45) is 1.54. The molecular weight excluding hydrogens is 295 g/mol.